The first-order valence-electron chi connectivity index (χ1n) is 16.9. The van der Waals surface area contributed by atoms with Gasteiger partial charge in [-0.25, -0.2) is 28.4 Å². The molecule has 6 aromatic rings. The van der Waals surface area contributed by atoms with E-state index in [0.717, 1.165) is 34.5 Å². The fourth-order valence-corrected chi connectivity index (χ4v) is 7.19. The second-order valence-corrected chi connectivity index (χ2v) is 12.9. The summed E-state index contributed by atoms with van der Waals surface area (Å²) in [5, 5.41) is 9.37. The van der Waals surface area contributed by atoms with Crippen LogP contribution in [-0.2, 0) is 18.4 Å². The number of benzene rings is 3. The number of nitrogens with zero attached hydrogens (tertiary/aromatic N) is 10. The summed E-state index contributed by atoms with van der Waals surface area (Å²) in [4.78, 5) is 36.6. The van der Waals surface area contributed by atoms with Crippen LogP contribution in [0.4, 0.5) is 20.3 Å². The van der Waals surface area contributed by atoms with E-state index in [1.807, 2.05) is 47.4 Å². The Bertz CT molecular complexity index is 2340. The van der Waals surface area contributed by atoms with Crippen LogP contribution in [0.5, 0.6) is 5.75 Å². The maximum atomic E-state index is 14.9. The summed E-state index contributed by atoms with van der Waals surface area (Å²) in [7, 11) is 3.54. The first-order chi connectivity index (χ1) is 25.3. The van der Waals surface area contributed by atoms with E-state index in [1.165, 1.54) is 23.3 Å². The zero-order chi connectivity index (χ0) is 35.9. The van der Waals surface area contributed by atoms with Crippen molar-refractivity contribution in [2.24, 2.45) is 12.0 Å². The molecule has 2 aliphatic heterocycles. The van der Waals surface area contributed by atoms with E-state index in [4.69, 9.17) is 10.5 Å². The van der Waals surface area contributed by atoms with Gasteiger partial charge in [-0.15, -0.1) is 0 Å². The molecular weight excluding hydrogens is 668 g/mol. The van der Waals surface area contributed by atoms with Crippen molar-refractivity contribution in [2.45, 2.75) is 38.0 Å². The highest BCUT2D eigenvalue weighted by Gasteiger charge is 2.42. The molecule has 3 aromatic heterocycles. The Morgan fingerprint density at radius 3 is 2.73 bits per heavy atom. The Morgan fingerprint density at radius 2 is 1.92 bits per heavy atom. The number of halogens is 2. The molecule has 15 heteroatoms. The van der Waals surface area contributed by atoms with Crippen LogP contribution in [0.3, 0.4) is 0 Å². The Labute approximate surface area is 297 Å². The van der Waals surface area contributed by atoms with Crippen LogP contribution >= 0.6 is 0 Å². The average Bonchev–Trinajstić information content (AvgIpc) is 3.88. The van der Waals surface area contributed by atoms with Crippen molar-refractivity contribution in [2.75, 3.05) is 30.8 Å². The molecule has 8 rings (SSSR count). The predicted octanol–water partition coefficient (Wildman–Crippen LogP) is 4.74. The van der Waals surface area contributed by atoms with Crippen molar-refractivity contribution in [3.63, 3.8) is 0 Å². The summed E-state index contributed by atoms with van der Waals surface area (Å²) < 4.78 is 38.2. The van der Waals surface area contributed by atoms with Gasteiger partial charge in [0.05, 0.1) is 24.7 Å². The number of anilines is 2. The number of hydrogen-bond donors (Lipinski definition) is 1. The van der Waals surface area contributed by atoms with Crippen LogP contribution in [0.15, 0.2) is 84.5 Å². The van der Waals surface area contributed by atoms with Gasteiger partial charge in [0.15, 0.2) is 17.3 Å². The number of aliphatic imine (C=N–C) groups is 1. The number of aryl methyl sites for hydroxylation is 1. The van der Waals surface area contributed by atoms with E-state index >= 15 is 0 Å². The monoisotopic (exact) mass is 703 g/mol. The number of rotatable bonds is 4. The number of fused-ring (bicyclic) bond motifs is 7. The second kappa shape index (κ2) is 13.5. The predicted molar refractivity (Wildman–Crippen MR) is 191 cm³/mol. The Morgan fingerprint density at radius 1 is 1.06 bits per heavy atom. The minimum Gasteiger partial charge on any atom is -0.488 e. The molecule has 4 bridgehead atoms. The largest absolute Gasteiger partial charge is 0.488 e. The van der Waals surface area contributed by atoms with E-state index in [1.54, 1.807) is 30.0 Å². The summed E-state index contributed by atoms with van der Waals surface area (Å²) in [6, 6.07) is 16.2. The molecule has 2 unspecified atom stereocenters. The number of carbonyl (C=O) groups is 1. The highest BCUT2D eigenvalue weighted by atomic mass is 19.1. The third-order valence-corrected chi connectivity index (χ3v) is 9.54. The lowest BCUT2D eigenvalue weighted by atomic mass is 9.93. The number of nitrogen functional groups attached to an aromatic ring is 1. The molecule has 0 spiro atoms. The van der Waals surface area contributed by atoms with E-state index in [0.29, 0.717) is 66.5 Å². The van der Waals surface area contributed by atoms with Gasteiger partial charge in [-0.05, 0) is 54.3 Å². The minimum absolute atomic E-state index is 0.0324. The van der Waals surface area contributed by atoms with Gasteiger partial charge in [0, 0.05) is 50.1 Å². The summed E-state index contributed by atoms with van der Waals surface area (Å²) in [6.07, 6.45) is 5.60. The lowest BCUT2D eigenvalue weighted by Crippen LogP contribution is -2.46. The topological polar surface area (TPSA) is 145 Å². The van der Waals surface area contributed by atoms with E-state index < -0.39 is 23.8 Å². The summed E-state index contributed by atoms with van der Waals surface area (Å²) >= 11 is 0. The highest BCUT2D eigenvalue weighted by molar-refractivity contribution is 6.10. The number of aromatic nitrogens is 7. The van der Waals surface area contributed by atoms with Crippen LogP contribution in [0.2, 0.25) is 0 Å². The zero-order valence-electron chi connectivity index (χ0n) is 28.5. The normalized spacial score (nSPS) is 18.7. The van der Waals surface area contributed by atoms with Gasteiger partial charge < -0.3 is 20.3 Å². The Balaban J connectivity index is 1.22. The summed E-state index contributed by atoms with van der Waals surface area (Å²) in [5.41, 5.74) is 11.1. The standard InChI is InChI=1S/C37H35F2N11O2/c1-41-30-10-5-13-48(19-33-44-21-47(2)46-33)37(51)32-16-25(52-24-7-3-6-22(14-24)26-8-4-9-29(40)34(26)30)18-49(32)35-27-17-45-50(36(27)43-20-42-35)31-12-11-23(38)15-28(31)39/h3-4,6-9,11-12,14-15,17,20-21,25,32H,5,10,13,16,18-19,40H2,1-2H3. The zero-order valence-corrected chi connectivity index (χ0v) is 28.5. The second-order valence-electron chi connectivity index (χ2n) is 12.9. The Hall–Kier alpha value is -6.25. The molecule has 2 aliphatic rings. The molecule has 264 valence electrons. The van der Waals surface area contributed by atoms with Crippen LogP contribution in [0.25, 0.3) is 27.8 Å². The molecule has 13 nitrogen and oxygen atoms in total. The maximum absolute atomic E-state index is 14.9. The Kier molecular flexibility index (Phi) is 8.53. The van der Waals surface area contributed by atoms with Crippen molar-refractivity contribution in [3.8, 4) is 22.6 Å². The van der Waals surface area contributed by atoms with E-state index in [-0.39, 0.29) is 18.1 Å². The van der Waals surface area contributed by atoms with Gasteiger partial charge in [0.25, 0.3) is 0 Å². The third-order valence-electron chi connectivity index (χ3n) is 9.54. The number of ether oxygens (including phenoxy) is 1. The number of carbonyl (C=O) groups excluding carboxylic acids is 1. The van der Waals surface area contributed by atoms with Crippen molar-refractivity contribution in [3.05, 3.63) is 103 Å². The molecule has 5 heterocycles. The van der Waals surface area contributed by atoms with Crippen LogP contribution < -0.4 is 15.4 Å². The fraction of sp³-hybridized carbons (Fsp3) is 0.270. The summed E-state index contributed by atoms with van der Waals surface area (Å²) in [5.74, 6) is -0.0573. The van der Waals surface area contributed by atoms with Gasteiger partial charge in [-0.2, -0.15) is 10.2 Å². The molecule has 0 radical (unpaired) electrons. The molecule has 2 N–H and O–H groups in total. The number of nitrogens with two attached hydrogens (primary N) is 1. The molecule has 1 amide bonds. The van der Waals surface area contributed by atoms with Crippen LogP contribution in [0.1, 0.15) is 30.7 Å². The number of amides is 1. The minimum atomic E-state index is -0.788. The average molecular weight is 704 g/mol. The van der Waals surface area contributed by atoms with E-state index in [2.05, 4.69) is 30.1 Å². The quantitative estimate of drug-likeness (QED) is 0.258. The first-order valence-corrected chi connectivity index (χ1v) is 16.9. The molecule has 3 aromatic carbocycles. The van der Waals surface area contributed by atoms with Crippen molar-refractivity contribution < 1.29 is 18.3 Å². The van der Waals surface area contributed by atoms with Crippen molar-refractivity contribution in [1.29, 1.82) is 0 Å². The molecule has 1 saturated heterocycles. The molecule has 2 atom stereocenters. The molecule has 52 heavy (non-hydrogen) atoms. The van der Waals surface area contributed by atoms with E-state index in [9.17, 15) is 13.6 Å². The fourth-order valence-electron chi connectivity index (χ4n) is 7.19. The SMILES string of the molecule is CN=C1CCCN(Cc2ncn(C)n2)C(=O)C2CC(CN2c2ncnc3c2cnn3-c2ccc(F)cc2F)Oc2cccc(c2)-c2cccc(N)c21. The molecular formula is C37H35F2N11O2. The molecule has 0 saturated carbocycles. The van der Waals surface area contributed by atoms with Gasteiger partial charge in [0.2, 0.25) is 5.91 Å². The van der Waals surface area contributed by atoms with Gasteiger partial charge in [-0.1, -0.05) is 24.3 Å². The molecule has 0 aliphatic carbocycles. The van der Waals surface area contributed by atoms with Gasteiger partial charge in [0.1, 0.15) is 47.9 Å². The van der Waals surface area contributed by atoms with Crippen LogP contribution in [0, 0.1) is 11.6 Å². The maximum Gasteiger partial charge on any atom is 0.245 e. The highest BCUT2D eigenvalue weighted by Crippen LogP contribution is 2.36. The van der Waals surface area contributed by atoms with Crippen molar-refractivity contribution >= 4 is 34.2 Å². The van der Waals surface area contributed by atoms with Gasteiger partial charge in [-0.3, -0.25) is 14.5 Å². The van der Waals surface area contributed by atoms with Crippen LogP contribution in [-0.4, -0.2) is 83.3 Å². The lowest BCUT2D eigenvalue weighted by molar-refractivity contribution is -0.133. The number of hydrogen-bond acceptors (Lipinski definition) is 10. The summed E-state index contributed by atoms with van der Waals surface area (Å²) in [6.45, 7) is 0.895. The first kappa shape index (κ1) is 32.9. The smallest absolute Gasteiger partial charge is 0.245 e. The van der Waals surface area contributed by atoms with Gasteiger partial charge >= 0.3 is 0 Å². The third kappa shape index (κ3) is 6.07. The van der Waals surface area contributed by atoms with Crippen molar-refractivity contribution in [1.82, 2.24) is 39.4 Å². The molecule has 1 fully saturated rings. The lowest BCUT2D eigenvalue weighted by Gasteiger charge is -2.30.